The lowest BCUT2D eigenvalue weighted by Crippen LogP contribution is -2.31. The minimum Gasteiger partial charge on any atom is -0.497 e. The van der Waals surface area contributed by atoms with Crippen molar-refractivity contribution in [1.82, 2.24) is 15.2 Å². The van der Waals surface area contributed by atoms with Gasteiger partial charge < -0.3 is 24.1 Å². The number of carbonyl (C=O) groups excluding carboxylic acids is 2. The maximum absolute atomic E-state index is 13.0. The third kappa shape index (κ3) is 5.00. The number of nitrogens with zero attached hydrogens (tertiary/aromatic N) is 2. The molecule has 8 nitrogen and oxygen atoms in total. The minimum absolute atomic E-state index is 0.0643. The van der Waals surface area contributed by atoms with Crippen LogP contribution in [0, 0.1) is 0 Å². The van der Waals surface area contributed by atoms with Gasteiger partial charge in [0.25, 0.3) is 11.8 Å². The molecular weight excluding hydrogens is 362 g/mol. The van der Waals surface area contributed by atoms with Gasteiger partial charge in [0.15, 0.2) is 5.69 Å². The van der Waals surface area contributed by atoms with E-state index in [4.69, 9.17) is 13.9 Å². The molecule has 0 spiro atoms. The van der Waals surface area contributed by atoms with Crippen LogP contribution in [0.25, 0.3) is 0 Å². The lowest BCUT2D eigenvalue weighted by molar-refractivity contribution is 0.0745. The van der Waals surface area contributed by atoms with Crippen LogP contribution in [-0.2, 0) is 6.54 Å². The predicted octanol–water partition coefficient (Wildman–Crippen LogP) is 2.44. The first kappa shape index (κ1) is 20.8. The molecule has 1 aromatic heterocycles. The Bertz CT molecular complexity index is 859. The molecule has 148 valence electrons. The lowest BCUT2D eigenvalue weighted by Gasteiger charge is -2.21. The zero-order valence-electron chi connectivity index (χ0n) is 15.9. The van der Waals surface area contributed by atoms with Crippen molar-refractivity contribution in [3.8, 4) is 11.5 Å². The summed E-state index contributed by atoms with van der Waals surface area (Å²) in [6.07, 6.45) is 4.40. The molecule has 0 saturated carbocycles. The van der Waals surface area contributed by atoms with Crippen LogP contribution in [0.5, 0.6) is 11.5 Å². The number of aromatic nitrogens is 1. The van der Waals surface area contributed by atoms with Gasteiger partial charge in [-0.05, 0) is 12.1 Å². The van der Waals surface area contributed by atoms with Gasteiger partial charge in [-0.25, -0.2) is 4.98 Å². The van der Waals surface area contributed by atoms with Crippen molar-refractivity contribution >= 4 is 11.8 Å². The highest BCUT2D eigenvalue weighted by Crippen LogP contribution is 2.26. The number of ether oxygens (including phenoxy) is 2. The predicted molar refractivity (Wildman–Crippen MR) is 104 cm³/mol. The maximum Gasteiger partial charge on any atom is 0.273 e. The van der Waals surface area contributed by atoms with Crippen LogP contribution in [0.2, 0.25) is 0 Å². The summed E-state index contributed by atoms with van der Waals surface area (Å²) in [7, 11) is 3.01. The Labute approximate surface area is 163 Å². The van der Waals surface area contributed by atoms with Gasteiger partial charge in [-0.2, -0.15) is 0 Å². The number of benzene rings is 1. The zero-order chi connectivity index (χ0) is 20.5. The zero-order valence-corrected chi connectivity index (χ0v) is 15.9. The number of carbonyl (C=O) groups is 2. The van der Waals surface area contributed by atoms with Gasteiger partial charge in [-0.1, -0.05) is 12.2 Å². The molecule has 0 aliphatic heterocycles. The number of hydrogen-bond donors (Lipinski definition) is 1. The van der Waals surface area contributed by atoms with Gasteiger partial charge in [0.1, 0.15) is 17.8 Å². The third-order valence-corrected chi connectivity index (χ3v) is 3.79. The summed E-state index contributed by atoms with van der Waals surface area (Å²) in [5.74, 6) is 0.511. The lowest BCUT2D eigenvalue weighted by atomic mass is 10.1. The Hall–Kier alpha value is -3.55. The fourth-order valence-electron chi connectivity index (χ4n) is 2.43. The Balaban J connectivity index is 2.20. The second-order valence-corrected chi connectivity index (χ2v) is 5.67. The summed E-state index contributed by atoms with van der Waals surface area (Å²) in [6, 6.07) is 4.93. The first-order valence-corrected chi connectivity index (χ1v) is 8.49. The monoisotopic (exact) mass is 385 g/mol. The quantitative estimate of drug-likeness (QED) is 0.632. The van der Waals surface area contributed by atoms with Gasteiger partial charge in [-0.3, -0.25) is 9.59 Å². The van der Waals surface area contributed by atoms with Crippen molar-refractivity contribution in [2.24, 2.45) is 0 Å². The molecule has 28 heavy (non-hydrogen) atoms. The molecule has 2 amide bonds. The second-order valence-electron chi connectivity index (χ2n) is 5.67. The smallest absolute Gasteiger partial charge is 0.273 e. The van der Waals surface area contributed by atoms with Crippen LogP contribution in [-0.4, -0.2) is 49.0 Å². The van der Waals surface area contributed by atoms with E-state index in [2.05, 4.69) is 23.5 Å². The van der Waals surface area contributed by atoms with Crippen LogP contribution in [0.4, 0.5) is 0 Å². The number of hydrogen-bond acceptors (Lipinski definition) is 6. The molecule has 0 aliphatic carbocycles. The largest absolute Gasteiger partial charge is 0.497 e. The number of oxazole rings is 1. The molecule has 0 atom stereocenters. The van der Waals surface area contributed by atoms with E-state index in [0.717, 1.165) is 0 Å². The van der Waals surface area contributed by atoms with E-state index >= 15 is 0 Å². The van der Waals surface area contributed by atoms with Crippen LogP contribution >= 0.6 is 0 Å². The van der Waals surface area contributed by atoms with Crippen molar-refractivity contribution in [3.05, 3.63) is 66.9 Å². The number of methoxy groups -OCH3 is 2. The molecule has 0 saturated heterocycles. The van der Waals surface area contributed by atoms with Crippen molar-refractivity contribution in [3.63, 3.8) is 0 Å². The highest BCUT2D eigenvalue weighted by Gasteiger charge is 2.22. The fraction of sp³-hybridized carbons (Fsp3) is 0.250. The Morgan fingerprint density at radius 2 is 2.04 bits per heavy atom. The Morgan fingerprint density at radius 3 is 2.68 bits per heavy atom. The normalized spacial score (nSPS) is 10.1. The van der Waals surface area contributed by atoms with Crippen molar-refractivity contribution < 1.29 is 23.5 Å². The standard InChI is InChI=1S/C20H23N3O5/c1-5-9-21-19(24)16-13-28-18(22-16)12-23(10-6-2)20(25)15-8-7-14(26-3)11-17(15)27-4/h5-8,11,13H,1-2,9-10,12H2,3-4H3,(H,21,24). The SMILES string of the molecule is C=CCNC(=O)c1coc(CN(CC=C)C(=O)c2ccc(OC)cc2OC)n1. The topological polar surface area (TPSA) is 93.9 Å². The van der Waals surface area contributed by atoms with E-state index in [9.17, 15) is 9.59 Å². The fourth-order valence-corrected chi connectivity index (χ4v) is 2.43. The summed E-state index contributed by atoms with van der Waals surface area (Å²) in [5.41, 5.74) is 0.491. The van der Waals surface area contributed by atoms with Crippen LogP contribution in [0.1, 0.15) is 26.7 Å². The molecule has 0 fully saturated rings. The molecule has 1 heterocycles. The van der Waals surface area contributed by atoms with Gasteiger partial charge in [0.2, 0.25) is 5.89 Å². The summed E-state index contributed by atoms with van der Waals surface area (Å²) >= 11 is 0. The second kappa shape index (κ2) is 9.96. The summed E-state index contributed by atoms with van der Waals surface area (Å²) in [4.78, 5) is 30.5. The van der Waals surface area contributed by atoms with Gasteiger partial charge in [0.05, 0.1) is 26.3 Å². The Morgan fingerprint density at radius 1 is 1.25 bits per heavy atom. The number of amides is 2. The van der Waals surface area contributed by atoms with E-state index in [-0.39, 0.29) is 36.5 Å². The average Bonchev–Trinajstić information content (AvgIpc) is 3.19. The number of nitrogens with one attached hydrogen (secondary N) is 1. The summed E-state index contributed by atoms with van der Waals surface area (Å²) < 4.78 is 15.8. The molecular formula is C20H23N3O5. The molecule has 2 rings (SSSR count). The van der Waals surface area contributed by atoms with Crippen LogP contribution in [0.3, 0.4) is 0 Å². The molecule has 0 unspecified atom stereocenters. The molecule has 2 aromatic rings. The van der Waals surface area contributed by atoms with Crippen molar-refractivity contribution in [2.75, 3.05) is 27.3 Å². The first-order valence-electron chi connectivity index (χ1n) is 8.49. The summed E-state index contributed by atoms with van der Waals surface area (Å²) in [6.45, 7) is 7.86. The van der Waals surface area contributed by atoms with Crippen LogP contribution < -0.4 is 14.8 Å². The van der Waals surface area contributed by atoms with Gasteiger partial charge >= 0.3 is 0 Å². The molecule has 1 aromatic carbocycles. The van der Waals surface area contributed by atoms with E-state index < -0.39 is 0 Å². The minimum atomic E-state index is -0.381. The van der Waals surface area contributed by atoms with E-state index in [1.165, 1.54) is 25.4 Å². The summed E-state index contributed by atoms with van der Waals surface area (Å²) in [5, 5.41) is 2.61. The maximum atomic E-state index is 13.0. The Kier molecular flexibility index (Phi) is 7.38. The highest BCUT2D eigenvalue weighted by atomic mass is 16.5. The molecule has 8 heteroatoms. The van der Waals surface area contributed by atoms with Crippen molar-refractivity contribution in [1.29, 1.82) is 0 Å². The van der Waals surface area contributed by atoms with Crippen molar-refractivity contribution in [2.45, 2.75) is 6.54 Å². The molecule has 0 radical (unpaired) electrons. The third-order valence-electron chi connectivity index (χ3n) is 3.79. The molecule has 0 bridgehead atoms. The first-order chi connectivity index (χ1) is 13.5. The number of rotatable bonds is 10. The van der Waals surface area contributed by atoms with Crippen LogP contribution in [0.15, 0.2) is 54.2 Å². The average molecular weight is 385 g/mol. The van der Waals surface area contributed by atoms with E-state index in [1.807, 2.05) is 0 Å². The molecule has 1 N–H and O–H groups in total. The highest BCUT2D eigenvalue weighted by molar-refractivity contribution is 5.97. The van der Waals surface area contributed by atoms with E-state index in [1.54, 1.807) is 30.4 Å². The van der Waals surface area contributed by atoms with Gasteiger partial charge in [0, 0.05) is 19.2 Å². The van der Waals surface area contributed by atoms with E-state index in [0.29, 0.717) is 23.6 Å². The van der Waals surface area contributed by atoms with Gasteiger partial charge in [-0.15, -0.1) is 13.2 Å². The molecule has 0 aliphatic rings.